The zero-order valence-electron chi connectivity index (χ0n) is 26.1. The summed E-state index contributed by atoms with van der Waals surface area (Å²) in [5, 5.41) is 16.8. The van der Waals surface area contributed by atoms with Crippen LogP contribution in [0.1, 0.15) is 0 Å². The molecular weight excluding hydrogens is 536 g/mol. The van der Waals surface area contributed by atoms with Gasteiger partial charge in [-0.05, 0) is 68.5 Å². The van der Waals surface area contributed by atoms with Gasteiger partial charge in [-0.1, -0.05) is 0 Å². The minimum absolute atomic E-state index is 0.192. The fourth-order valence-corrected chi connectivity index (χ4v) is 5.21. The summed E-state index contributed by atoms with van der Waals surface area (Å²) in [6.07, 6.45) is 0. The van der Waals surface area contributed by atoms with Crippen LogP contribution in [-0.2, 0) is 13.1 Å². The molecule has 228 valence electrons. The molecule has 2 aromatic rings. The van der Waals surface area contributed by atoms with Crippen molar-refractivity contribution in [2.45, 2.75) is 13.1 Å². The topological polar surface area (TPSA) is 119 Å². The molecule has 2 heterocycles. The normalized spacial score (nSPS) is 13.0. The fraction of sp³-hybridized carbons (Fsp3) is 0.533. The Bertz CT molecular complexity index is 1760. The predicted octanol–water partition coefficient (Wildman–Crippen LogP) is -0.0784. The maximum atomic E-state index is 14.1. The molecule has 12 heteroatoms. The molecule has 42 heavy (non-hydrogen) atoms. The number of rotatable bonds is 13. The maximum absolute atomic E-state index is 14.1. The Labute approximate surface area is 245 Å². The Morgan fingerprint density at radius 1 is 0.714 bits per heavy atom. The second-order valence-corrected chi connectivity index (χ2v) is 12.0. The van der Waals surface area contributed by atoms with Crippen molar-refractivity contribution in [1.29, 1.82) is 0 Å². The van der Waals surface area contributed by atoms with Crippen LogP contribution < -0.4 is 27.4 Å². The van der Waals surface area contributed by atoms with E-state index in [-0.39, 0.29) is 19.0 Å². The lowest BCUT2D eigenvalue weighted by Gasteiger charge is -2.23. The number of anilines is 1. The Kier molecular flexibility index (Phi) is 9.51. The van der Waals surface area contributed by atoms with E-state index in [1.54, 1.807) is 12.1 Å². The first kappa shape index (κ1) is 31.4. The minimum Gasteiger partial charge on any atom is -0.494 e. The summed E-state index contributed by atoms with van der Waals surface area (Å²) in [7, 11) is 15.4. The minimum atomic E-state index is -0.427. The Morgan fingerprint density at radius 3 is 1.88 bits per heavy atom. The molecule has 0 saturated heterocycles. The van der Waals surface area contributed by atoms with Crippen molar-refractivity contribution >= 4 is 27.2 Å². The monoisotopic (exact) mass is 580 g/mol. The van der Waals surface area contributed by atoms with Gasteiger partial charge in [0.25, 0.3) is 16.7 Å². The molecular formula is C30H44N8O4. The largest absolute Gasteiger partial charge is 0.494 e. The molecule has 12 nitrogen and oxygen atoms in total. The molecule has 0 radical (unpaired) electrons. The van der Waals surface area contributed by atoms with Crippen LogP contribution in [0, 0.1) is 0 Å². The number of hydrogen-bond acceptors (Lipinski definition) is 10. The van der Waals surface area contributed by atoms with Crippen LogP contribution in [0.3, 0.4) is 0 Å². The molecule has 0 saturated carbocycles. The van der Waals surface area contributed by atoms with Crippen LogP contribution >= 0.6 is 0 Å². The number of aromatic nitrogens is 2. The molecule has 0 bridgehead atoms. The highest BCUT2D eigenvalue weighted by Gasteiger charge is 2.29. The van der Waals surface area contributed by atoms with Crippen LogP contribution in [-0.4, -0.2) is 129 Å². The van der Waals surface area contributed by atoms with E-state index in [9.17, 15) is 19.5 Å². The number of aromatic hydroxyl groups is 1. The van der Waals surface area contributed by atoms with Crippen LogP contribution in [0.25, 0.3) is 32.7 Å². The van der Waals surface area contributed by atoms with Crippen LogP contribution in [0.2, 0.25) is 0 Å². The van der Waals surface area contributed by atoms with Crippen molar-refractivity contribution < 1.29 is 5.11 Å². The van der Waals surface area contributed by atoms with E-state index in [4.69, 9.17) is 4.99 Å². The van der Waals surface area contributed by atoms with Gasteiger partial charge in [-0.3, -0.25) is 28.5 Å². The van der Waals surface area contributed by atoms with Crippen molar-refractivity contribution in [3.05, 3.63) is 48.6 Å². The second-order valence-electron chi connectivity index (χ2n) is 12.0. The highest BCUT2D eigenvalue weighted by molar-refractivity contribution is 6.18. The van der Waals surface area contributed by atoms with Crippen LogP contribution in [0.15, 0.2) is 31.5 Å². The quantitative estimate of drug-likeness (QED) is 0.209. The molecule has 0 fully saturated rings. The lowest BCUT2D eigenvalue weighted by Crippen LogP contribution is -2.39. The number of benzene rings is 2. The Balaban J connectivity index is 2.20. The number of pyridine rings is 2. The first-order chi connectivity index (χ1) is 19.8. The van der Waals surface area contributed by atoms with Gasteiger partial charge in [0.1, 0.15) is 0 Å². The van der Waals surface area contributed by atoms with Gasteiger partial charge in [0.2, 0.25) is 5.88 Å². The highest BCUT2D eigenvalue weighted by Crippen LogP contribution is 2.40. The zero-order valence-corrected chi connectivity index (χ0v) is 26.1. The Hall–Kier alpha value is -3.58. The summed E-state index contributed by atoms with van der Waals surface area (Å²) in [6, 6.07) is 3.40. The van der Waals surface area contributed by atoms with Gasteiger partial charge in [-0.2, -0.15) is 0 Å². The van der Waals surface area contributed by atoms with Crippen LogP contribution in [0.4, 0.5) is 5.69 Å². The highest BCUT2D eigenvalue weighted by atomic mass is 16.3. The Morgan fingerprint density at radius 2 is 1.29 bits per heavy atom. The van der Waals surface area contributed by atoms with Crippen molar-refractivity contribution in [3.8, 4) is 17.0 Å². The zero-order chi connectivity index (χ0) is 30.9. The number of nitrogens with one attached hydrogen (secondary N) is 1. The van der Waals surface area contributed by atoms with Gasteiger partial charge in [0.15, 0.2) is 0 Å². The maximum Gasteiger partial charge on any atom is 0.263 e. The lowest BCUT2D eigenvalue weighted by molar-refractivity contribution is 0.353. The molecule has 0 atom stereocenters. The predicted molar refractivity (Wildman–Crippen MR) is 170 cm³/mol. The second kappa shape index (κ2) is 12.7. The summed E-state index contributed by atoms with van der Waals surface area (Å²) in [5.74, 6) is -0.192. The van der Waals surface area contributed by atoms with E-state index in [2.05, 4.69) is 5.32 Å². The van der Waals surface area contributed by atoms with Gasteiger partial charge in [0, 0.05) is 67.8 Å². The molecule has 1 aromatic heterocycles. The third kappa shape index (κ3) is 6.12. The van der Waals surface area contributed by atoms with Gasteiger partial charge in [-0.25, -0.2) is 0 Å². The third-order valence-electron chi connectivity index (χ3n) is 7.52. The van der Waals surface area contributed by atoms with Crippen molar-refractivity contribution in [3.63, 3.8) is 0 Å². The van der Waals surface area contributed by atoms with Crippen molar-refractivity contribution in [1.82, 2.24) is 28.7 Å². The average Bonchev–Trinajstić information content (AvgIpc) is 2.89. The van der Waals surface area contributed by atoms with E-state index in [1.165, 1.54) is 9.13 Å². The molecule has 0 unspecified atom stereocenters. The third-order valence-corrected chi connectivity index (χ3v) is 7.52. The average molecular weight is 581 g/mol. The van der Waals surface area contributed by atoms with Crippen molar-refractivity contribution in [2.24, 2.45) is 4.99 Å². The van der Waals surface area contributed by atoms with E-state index in [1.807, 2.05) is 76.0 Å². The smallest absolute Gasteiger partial charge is 0.263 e. The van der Waals surface area contributed by atoms with Crippen LogP contribution in [0.5, 0.6) is 5.88 Å². The number of likely N-dealkylation sites (N-methyl/N-ethyl adjacent to an activating group) is 4. The molecule has 0 spiro atoms. The van der Waals surface area contributed by atoms with E-state index in [0.29, 0.717) is 83.0 Å². The van der Waals surface area contributed by atoms with E-state index < -0.39 is 16.7 Å². The van der Waals surface area contributed by atoms with Gasteiger partial charge >= 0.3 is 0 Å². The van der Waals surface area contributed by atoms with Gasteiger partial charge in [-0.15, -0.1) is 0 Å². The number of hydrogen-bond donors (Lipinski definition) is 2. The molecule has 1 aliphatic carbocycles. The van der Waals surface area contributed by atoms with E-state index >= 15 is 0 Å². The molecule has 1 aromatic carbocycles. The first-order valence-corrected chi connectivity index (χ1v) is 14.3. The summed E-state index contributed by atoms with van der Waals surface area (Å²) < 4.78 is 2.64. The fourth-order valence-electron chi connectivity index (χ4n) is 5.21. The summed E-state index contributed by atoms with van der Waals surface area (Å²) in [4.78, 5) is 54.7. The summed E-state index contributed by atoms with van der Waals surface area (Å²) in [6.45, 7) is 3.81. The van der Waals surface area contributed by atoms with Crippen molar-refractivity contribution in [2.75, 3.05) is 101 Å². The lowest BCUT2D eigenvalue weighted by atomic mass is 9.89. The number of nitrogens with zero attached hydrogens (tertiary/aromatic N) is 7. The SMILES string of the molecule is CN(C)CCN=c1cc2c(=O)n(CCN(C)C)c(=O)c3c(NCCN(C)C)cc4c(O)n(CCN(C)C)c(=O)c1c4c3-2. The molecule has 2 aliphatic rings. The van der Waals surface area contributed by atoms with E-state index in [0.717, 1.165) is 0 Å². The molecule has 2 N–H and O–H groups in total. The summed E-state index contributed by atoms with van der Waals surface area (Å²) in [5.41, 5.74) is -0.0205. The molecule has 0 amide bonds. The first-order valence-electron chi connectivity index (χ1n) is 14.3. The summed E-state index contributed by atoms with van der Waals surface area (Å²) >= 11 is 0. The van der Waals surface area contributed by atoms with Gasteiger partial charge < -0.3 is 30.0 Å². The molecule has 4 rings (SSSR count). The van der Waals surface area contributed by atoms with Gasteiger partial charge in [0.05, 0.1) is 28.2 Å². The molecule has 1 aliphatic heterocycles. The standard InChI is InChI=1S/C30H44N8O4/c1-33(2)11-9-31-21-17-19-24-23-20(28(40)37(15-13-35(5)6)29(41)25(21)23)18-22(32-10-12-34(3)4)26(24)30(42)38(27(19)39)16-14-36(7)8/h17-18,31,39H,9-16H2,1-8H3.